The molecule has 1 aromatic rings. The molecule has 13 heavy (non-hydrogen) atoms. The first-order valence-electron chi connectivity index (χ1n) is 3.83. The fraction of sp³-hybridized carbons (Fsp3) is 0.500. The smallest absolute Gasteiger partial charge is 0.359 e. The Morgan fingerprint density at radius 2 is 2.23 bits per heavy atom. The van der Waals surface area contributed by atoms with E-state index in [1.807, 2.05) is 20.8 Å². The number of hydrogen-bond acceptors (Lipinski definition) is 3. The highest BCUT2D eigenvalue weighted by molar-refractivity contribution is 9.10. The molecular weight excluding hydrogens is 236 g/mol. The fourth-order valence-electron chi connectivity index (χ4n) is 0.733. The molecule has 0 aliphatic rings. The molecule has 1 aromatic heterocycles. The number of nitrogens with one attached hydrogen (secondary N) is 1. The molecule has 4 nitrogen and oxygen atoms in total. The van der Waals surface area contributed by atoms with Crippen molar-refractivity contribution in [2.75, 3.05) is 0 Å². The quantitative estimate of drug-likeness (QED) is 0.773. The van der Waals surface area contributed by atoms with Crippen LogP contribution in [0.3, 0.4) is 0 Å². The van der Waals surface area contributed by atoms with Gasteiger partial charge in [0.1, 0.15) is 10.2 Å². The van der Waals surface area contributed by atoms with Crippen LogP contribution in [-0.4, -0.2) is 21.8 Å². The molecule has 0 atom stereocenters. The number of aromatic amines is 1. The molecule has 1 N–H and O–H groups in total. The number of aromatic nitrogens is 2. The van der Waals surface area contributed by atoms with E-state index in [1.54, 1.807) is 6.07 Å². The molecule has 0 saturated carbocycles. The Kier molecular flexibility index (Phi) is 2.75. The lowest BCUT2D eigenvalue weighted by Gasteiger charge is -2.18. The highest BCUT2D eigenvalue weighted by Crippen LogP contribution is 2.13. The van der Waals surface area contributed by atoms with Crippen LogP contribution in [0, 0.1) is 0 Å². The number of carbonyl (C=O) groups excluding carboxylic acids is 1. The van der Waals surface area contributed by atoms with Crippen molar-refractivity contribution in [1.82, 2.24) is 10.2 Å². The summed E-state index contributed by atoms with van der Waals surface area (Å²) >= 11 is 3.15. The van der Waals surface area contributed by atoms with Crippen LogP contribution >= 0.6 is 15.9 Å². The molecule has 0 aliphatic carbocycles. The van der Waals surface area contributed by atoms with Crippen LogP contribution in [0.1, 0.15) is 31.3 Å². The van der Waals surface area contributed by atoms with Gasteiger partial charge < -0.3 is 4.74 Å². The Balaban J connectivity index is 2.70. The molecule has 1 rings (SSSR count). The maximum atomic E-state index is 11.3. The van der Waals surface area contributed by atoms with Gasteiger partial charge in [-0.1, -0.05) is 0 Å². The third kappa shape index (κ3) is 3.18. The molecule has 0 aliphatic heterocycles. The second-order valence-corrected chi connectivity index (χ2v) is 4.46. The number of hydrogen-bond donors (Lipinski definition) is 1. The van der Waals surface area contributed by atoms with Gasteiger partial charge in [-0.15, -0.1) is 0 Å². The number of nitrogens with zero attached hydrogens (tertiary/aromatic N) is 1. The first kappa shape index (κ1) is 10.2. The van der Waals surface area contributed by atoms with E-state index < -0.39 is 11.6 Å². The largest absolute Gasteiger partial charge is 0.455 e. The summed E-state index contributed by atoms with van der Waals surface area (Å²) in [6.07, 6.45) is 0. The molecule has 0 radical (unpaired) electrons. The van der Waals surface area contributed by atoms with E-state index in [1.165, 1.54) is 0 Å². The Hall–Kier alpha value is -0.840. The minimum Gasteiger partial charge on any atom is -0.455 e. The van der Waals surface area contributed by atoms with Crippen molar-refractivity contribution in [3.8, 4) is 0 Å². The number of H-pyrrole nitrogens is 1. The van der Waals surface area contributed by atoms with E-state index in [0.29, 0.717) is 4.60 Å². The lowest BCUT2D eigenvalue weighted by molar-refractivity contribution is 0.00628. The first-order valence-corrected chi connectivity index (χ1v) is 4.62. The zero-order chi connectivity index (χ0) is 10.1. The molecule has 1 heterocycles. The van der Waals surface area contributed by atoms with Crippen LogP contribution in [0.5, 0.6) is 0 Å². The van der Waals surface area contributed by atoms with Gasteiger partial charge >= 0.3 is 5.97 Å². The summed E-state index contributed by atoms with van der Waals surface area (Å²) in [4.78, 5) is 11.3. The second-order valence-electron chi connectivity index (χ2n) is 3.60. The second kappa shape index (κ2) is 3.49. The van der Waals surface area contributed by atoms with Crippen LogP contribution in [-0.2, 0) is 4.74 Å². The third-order valence-electron chi connectivity index (χ3n) is 1.15. The lowest BCUT2D eigenvalue weighted by Crippen LogP contribution is -2.24. The lowest BCUT2D eigenvalue weighted by atomic mass is 10.2. The number of halogens is 1. The molecule has 0 fully saturated rings. The van der Waals surface area contributed by atoms with Crippen LogP contribution in [0.15, 0.2) is 10.7 Å². The summed E-state index contributed by atoms with van der Waals surface area (Å²) < 4.78 is 5.76. The van der Waals surface area contributed by atoms with E-state index in [0.717, 1.165) is 0 Å². The average molecular weight is 247 g/mol. The van der Waals surface area contributed by atoms with Gasteiger partial charge in [-0.25, -0.2) is 4.79 Å². The summed E-state index contributed by atoms with van der Waals surface area (Å²) in [5.41, 5.74) is -0.204. The molecule has 0 spiro atoms. The van der Waals surface area contributed by atoms with Crippen LogP contribution in [0.2, 0.25) is 0 Å². The summed E-state index contributed by atoms with van der Waals surface area (Å²) in [7, 11) is 0. The molecule has 0 saturated heterocycles. The Morgan fingerprint density at radius 3 is 2.62 bits per heavy atom. The van der Waals surface area contributed by atoms with E-state index in [4.69, 9.17) is 4.74 Å². The Morgan fingerprint density at radius 1 is 1.62 bits per heavy atom. The van der Waals surface area contributed by atoms with E-state index in [2.05, 4.69) is 26.1 Å². The highest BCUT2D eigenvalue weighted by Gasteiger charge is 2.19. The number of esters is 1. The van der Waals surface area contributed by atoms with Crippen molar-refractivity contribution in [1.29, 1.82) is 0 Å². The van der Waals surface area contributed by atoms with Crippen LogP contribution < -0.4 is 0 Å². The van der Waals surface area contributed by atoms with E-state index in [9.17, 15) is 4.79 Å². The third-order valence-corrected chi connectivity index (χ3v) is 1.56. The standard InChI is InChI=1S/C8H11BrN2O2/c1-8(2,3)13-7(12)5-4-6(9)11-10-5/h4H,1-3H3,(H,10,11). The van der Waals surface area contributed by atoms with Crippen LogP contribution in [0.4, 0.5) is 0 Å². The molecule has 72 valence electrons. The highest BCUT2D eigenvalue weighted by atomic mass is 79.9. The molecule has 0 bridgehead atoms. The van der Waals surface area contributed by atoms with Gasteiger partial charge in [0.2, 0.25) is 0 Å². The summed E-state index contributed by atoms with van der Waals surface area (Å²) in [5, 5.41) is 6.35. The topological polar surface area (TPSA) is 55.0 Å². The maximum Gasteiger partial charge on any atom is 0.359 e. The van der Waals surface area contributed by atoms with Gasteiger partial charge in [0.25, 0.3) is 0 Å². The molecular formula is C8H11BrN2O2. The normalized spacial score (nSPS) is 11.4. The number of ether oxygens (including phenoxy) is 1. The number of rotatable bonds is 1. The van der Waals surface area contributed by atoms with Crippen molar-refractivity contribution in [2.45, 2.75) is 26.4 Å². The molecule has 0 unspecified atom stereocenters. The predicted molar refractivity (Wildman–Crippen MR) is 51.5 cm³/mol. The van der Waals surface area contributed by atoms with Gasteiger partial charge in [-0.05, 0) is 36.7 Å². The van der Waals surface area contributed by atoms with Gasteiger partial charge in [-0.2, -0.15) is 5.10 Å². The summed E-state index contributed by atoms with van der Waals surface area (Å²) in [6, 6.07) is 1.58. The average Bonchev–Trinajstić information content (AvgIpc) is 2.31. The maximum absolute atomic E-state index is 11.3. The SMILES string of the molecule is CC(C)(C)OC(=O)c1cc(Br)[nH]n1. The summed E-state index contributed by atoms with van der Waals surface area (Å²) in [5.74, 6) is -0.422. The van der Waals surface area contributed by atoms with Crippen molar-refractivity contribution in [3.05, 3.63) is 16.4 Å². The fourth-order valence-corrected chi connectivity index (χ4v) is 1.04. The van der Waals surface area contributed by atoms with Crippen LogP contribution in [0.25, 0.3) is 0 Å². The Bertz CT molecular complexity index is 314. The van der Waals surface area contributed by atoms with Gasteiger partial charge in [-0.3, -0.25) is 5.10 Å². The number of carbonyl (C=O) groups is 1. The predicted octanol–water partition coefficient (Wildman–Crippen LogP) is 2.13. The van der Waals surface area contributed by atoms with Crippen molar-refractivity contribution >= 4 is 21.9 Å². The molecule has 0 aromatic carbocycles. The Labute approximate surface area is 84.8 Å². The van der Waals surface area contributed by atoms with E-state index in [-0.39, 0.29) is 5.69 Å². The van der Waals surface area contributed by atoms with Crippen molar-refractivity contribution < 1.29 is 9.53 Å². The van der Waals surface area contributed by atoms with E-state index >= 15 is 0 Å². The zero-order valence-corrected chi connectivity index (χ0v) is 9.31. The van der Waals surface area contributed by atoms with Gasteiger partial charge in [0.15, 0.2) is 5.69 Å². The van der Waals surface area contributed by atoms with Gasteiger partial charge in [0, 0.05) is 6.07 Å². The van der Waals surface area contributed by atoms with Gasteiger partial charge in [0.05, 0.1) is 0 Å². The molecule has 5 heteroatoms. The monoisotopic (exact) mass is 246 g/mol. The minimum absolute atomic E-state index is 0.279. The summed E-state index contributed by atoms with van der Waals surface area (Å²) in [6.45, 7) is 5.44. The molecule has 0 amide bonds. The van der Waals surface area contributed by atoms with Crippen molar-refractivity contribution in [3.63, 3.8) is 0 Å². The first-order chi connectivity index (χ1) is 5.88. The van der Waals surface area contributed by atoms with Crippen molar-refractivity contribution in [2.24, 2.45) is 0 Å². The minimum atomic E-state index is -0.484. The zero-order valence-electron chi connectivity index (χ0n) is 7.72.